The Balaban J connectivity index is 1.37. The standard InChI is InChI=1S/C21H19FN6OS/c1-11(26-20(29)21-27-16-4-2-3-5-17(16)30-21)13-7-6-12(8-15(13)22)18-14-9-25-28-19(14)24-10-23-18/h6-11H,2-5H2,1H3,(H,26,29)(H,23,24,25,28). The lowest BCUT2D eigenvalue weighted by molar-refractivity contribution is 0.0939. The van der Waals surface area contributed by atoms with Crippen LogP contribution in [0.15, 0.2) is 30.7 Å². The van der Waals surface area contributed by atoms with Crippen molar-refractivity contribution in [2.24, 2.45) is 0 Å². The number of hydrogen-bond acceptors (Lipinski definition) is 6. The summed E-state index contributed by atoms with van der Waals surface area (Å²) in [6, 6.07) is 4.40. The summed E-state index contributed by atoms with van der Waals surface area (Å²) in [6.07, 6.45) is 7.20. The van der Waals surface area contributed by atoms with Gasteiger partial charge in [0.05, 0.1) is 29.0 Å². The fourth-order valence-electron chi connectivity index (χ4n) is 3.81. The first-order valence-electron chi connectivity index (χ1n) is 9.83. The van der Waals surface area contributed by atoms with Gasteiger partial charge in [0.2, 0.25) is 0 Å². The van der Waals surface area contributed by atoms with Gasteiger partial charge in [-0.2, -0.15) is 5.10 Å². The number of nitrogens with one attached hydrogen (secondary N) is 2. The van der Waals surface area contributed by atoms with Crippen molar-refractivity contribution in [3.63, 3.8) is 0 Å². The van der Waals surface area contributed by atoms with Crippen LogP contribution in [0, 0.1) is 5.82 Å². The van der Waals surface area contributed by atoms with Gasteiger partial charge in [0.1, 0.15) is 12.1 Å². The number of carbonyl (C=O) groups is 1. The third kappa shape index (κ3) is 3.35. The molecule has 1 unspecified atom stereocenters. The first-order valence-corrected chi connectivity index (χ1v) is 10.6. The van der Waals surface area contributed by atoms with E-state index in [2.05, 4.69) is 30.5 Å². The predicted molar refractivity (Wildman–Crippen MR) is 112 cm³/mol. The van der Waals surface area contributed by atoms with Crippen molar-refractivity contribution in [1.82, 2.24) is 30.5 Å². The van der Waals surface area contributed by atoms with E-state index in [-0.39, 0.29) is 5.91 Å². The third-order valence-corrected chi connectivity index (χ3v) is 6.53. The van der Waals surface area contributed by atoms with Gasteiger partial charge in [0.25, 0.3) is 5.91 Å². The highest BCUT2D eigenvalue weighted by molar-refractivity contribution is 7.13. The number of hydrogen-bond donors (Lipinski definition) is 2. The second-order valence-corrected chi connectivity index (χ2v) is 8.47. The summed E-state index contributed by atoms with van der Waals surface area (Å²) in [4.78, 5) is 26.7. The molecule has 1 atom stereocenters. The van der Waals surface area contributed by atoms with Crippen LogP contribution in [0.1, 0.15) is 51.7 Å². The zero-order valence-corrected chi connectivity index (χ0v) is 17.1. The molecule has 0 fully saturated rings. The van der Waals surface area contributed by atoms with E-state index in [1.165, 1.54) is 28.6 Å². The van der Waals surface area contributed by atoms with E-state index in [0.29, 0.717) is 27.5 Å². The fraction of sp³-hybridized carbons (Fsp3) is 0.286. The molecule has 1 aromatic carbocycles. The van der Waals surface area contributed by atoms with Gasteiger partial charge >= 0.3 is 0 Å². The first-order chi connectivity index (χ1) is 14.6. The zero-order chi connectivity index (χ0) is 20.7. The van der Waals surface area contributed by atoms with Gasteiger partial charge in [-0.05, 0) is 38.7 Å². The molecule has 3 aromatic heterocycles. The Morgan fingerprint density at radius 2 is 2.13 bits per heavy atom. The Bertz CT molecular complexity index is 1230. The van der Waals surface area contributed by atoms with Gasteiger partial charge in [-0.3, -0.25) is 9.89 Å². The quantitative estimate of drug-likeness (QED) is 0.518. The van der Waals surface area contributed by atoms with Crippen LogP contribution in [-0.4, -0.2) is 31.1 Å². The Labute approximate surface area is 175 Å². The Kier molecular flexibility index (Phi) is 4.74. The molecule has 1 aliphatic carbocycles. The summed E-state index contributed by atoms with van der Waals surface area (Å²) in [5.74, 6) is -0.671. The van der Waals surface area contributed by atoms with Crippen LogP contribution in [0.4, 0.5) is 4.39 Å². The molecule has 7 nitrogen and oxygen atoms in total. The van der Waals surface area contributed by atoms with Gasteiger partial charge in [-0.1, -0.05) is 12.1 Å². The molecule has 1 amide bonds. The average Bonchev–Trinajstić information content (AvgIpc) is 3.40. The van der Waals surface area contributed by atoms with E-state index < -0.39 is 11.9 Å². The number of thiazole rings is 1. The maximum Gasteiger partial charge on any atom is 0.280 e. The van der Waals surface area contributed by atoms with Crippen molar-refractivity contribution in [3.05, 3.63) is 57.7 Å². The van der Waals surface area contributed by atoms with Crippen molar-refractivity contribution in [2.45, 2.75) is 38.6 Å². The lowest BCUT2D eigenvalue weighted by atomic mass is 10.0. The molecule has 0 saturated carbocycles. The minimum Gasteiger partial charge on any atom is -0.343 e. The van der Waals surface area contributed by atoms with Crippen molar-refractivity contribution >= 4 is 28.3 Å². The minimum absolute atomic E-state index is 0.263. The average molecular weight is 422 g/mol. The number of aromatic amines is 1. The van der Waals surface area contributed by atoms with E-state index in [1.54, 1.807) is 25.3 Å². The number of aryl methyl sites for hydroxylation is 2. The highest BCUT2D eigenvalue weighted by Gasteiger charge is 2.22. The topological polar surface area (TPSA) is 96.5 Å². The molecule has 2 N–H and O–H groups in total. The fourth-order valence-corrected chi connectivity index (χ4v) is 4.86. The number of carbonyl (C=O) groups excluding carboxylic acids is 1. The van der Waals surface area contributed by atoms with E-state index in [0.717, 1.165) is 36.8 Å². The highest BCUT2D eigenvalue weighted by Crippen LogP contribution is 2.29. The number of benzene rings is 1. The second kappa shape index (κ2) is 7.56. The monoisotopic (exact) mass is 422 g/mol. The van der Waals surface area contributed by atoms with Gasteiger partial charge < -0.3 is 5.32 Å². The molecule has 152 valence electrons. The Morgan fingerprint density at radius 3 is 2.97 bits per heavy atom. The van der Waals surface area contributed by atoms with Crippen molar-refractivity contribution in [3.8, 4) is 11.3 Å². The molecular formula is C21H19FN6OS. The van der Waals surface area contributed by atoms with E-state index in [1.807, 2.05) is 0 Å². The SMILES string of the molecule is CC(NC(=O)c1nc2c(s1)CCCC2)c1ccc(-c2ncnc3[nH]ncc23)cc1F. The summed E-state index contributed by atoms with van der Waals surface area (Å²) in [6.45, 7) is 1.77. The molecule has 0 aliphatic heterocycles. The van der Waals surface area contributed by atoms with Crippen LogP contribution < -0.4 is 5.32 Å². The molecule has 30 heavy (non-hydrogen) atoms. The summed E-state index contributed by atoms with van der Waals surface area (Å²) in [5, 5.41) is 10.8. The molecule has 0 radical (unpaired) electrons. The second-order valence-electron chi connectivity index (χ2n) is 7.38. The van der Waals surface area contributed by atoms with Crippen LogP contribution in [0.25, 0.3) is 22.3 Å². The van der Waals surface area contributed by atoms with Gasteiger partial charge in [0.15, 0.2) is 10.7 Å². The maximum atomic E-state index is 14.9. The van der Waals surface area contributed by atoms with Crippen LogP contribution >= 0.6 is 11.3 Å². The van der Waals surface area contributed by atoms with Crippen molar-refractivity contribution in [2.75, 3.05) is 0 Å². The smallest absolute Gasteiger partial charge is 0.280 e. The molecular weight excluding hydrogens is 403 g/mol. The molecule has 1 aliphatic rings. The van der Waals surface area contributed by atoms with Gasteiger partial charge in [-0.25, -0.2) is 19.3 Å². The number of nitrogens with zero attached hydrogens (tertiary/aromatic N) is 4. The normalized spacial score (nSPS) is 14.5. The number of H-pyrrole nitrogens is 1. The Hall–Kier alpha value is -3.20. The molecule has 0 bridgehead atoms. The predicted octanol–water partition coefficient (Wildman–Crippen LogP) is 3.99. The number of fused-ring (bicyclic) bond motifs is 2. The molecule has 3 heterocycles. The molecule has 0 spiro atoms. The summed E-state index contributed by atoms with van der Waals surface area (Å²) < 4.78 is 14.9. The van der Waals surface area contributed by atoms with E-state index in [4.69, 9.17) is 0 Å². The number of halogens is 1. The summed E-state index contributed by atoms with van der Waals surface area (Å²) >= 11 is 1.45. The number of rotatable bonds is 4. The first kappa shape index (κ1) is 18.8. The highest BCUT2D eigenvalue weighted by atomic mass is 32.1. The minimum atomic E-state index is -0.494. The Morgan fingerprint density at radius 1 is 1.27 bits per heavy atom. The third-order valence-electron chi connectivity index (χ3n) is 5.38. The van der Waals surface area contributed by atoms with Crippen LogP contribution in [-0.2, 0) is 12.8 Å². The largest absolute Gasteiger partial charge is 0.343 e. The van der Waals surface area contributed by atoms with Gasteiger partial charge in [-0.15, -0.1) is 11.3 Å². The number of aromatic nitrogens is 5. The molecule has 9 heteroatoms. The van der Waals surface area contributed by atoms with Crippen LogP contribution in [0.3, 0.4) is 0 Å². The van der Waals surface area contributed by atoms with Crippen LogP contribution in [0.2, 0.25) is 0 Å². The summed E-state index contributed by atoms with van der Waals surface area (Å²) in [5.41, 5.74) is 3.26. The van der Waals surface area contributed by atoms with E-state index >= 15 is 0 Å². The maximum absolute atomic E-state index is 14.9. The lowest BCUT2D eigenvalue weighted by Gasteiger charge is -2.15. The number of amides is 1. The molecule has 5 rings (SSSR count). The molecule has 4 aromatic rings. The summed E-state index contributed by atoms with van der Waals surface area (Å²) in [7, 11) is 0. The lowest BCUT2D eigenvalue weighted by Crippen LogP contribution is -2.27. The zero-order valence-electron chi connectivity index (χ0n) is 16.3. The van der Waals surface area contributed by atoms with Crippen LogP contribution in [0.5, 0.6) is 0 Å². The van der Waals surface area contributed by atoms with Crippen molar-refractivity contribution < 1.29 is 9.18 Å². The molecule has 0 saturated heterocycles. The van der Waals surface area contributed by atoms with Gasteiger partial charge in [0, 0.05) is 16.0 Å². The van der Waals surface area contributed by atoms with E-state index in [9.17, 15) is 9.18 Å². The van der Waals surface area contributed by atoms with Crippen molar-refractivity contribution in [1.29, 1.82) is 0 Å².